The van der Waals surface area contributed by atoms with Gasteiger partial charge in [0.25, 0.3) is 5.91 Å². The SMILES string of the molecule is C=C(C(=O)N1CCN(CC)CC1)C(F)(F)F. The quantitative estimate of drug-likeness (QED) is 0.674. The van der Waals surface area contributed by atoms with Gasteiger partial charge >= 0.3 is 6.18 Å². The van der Waals surface area contributed by atoms with Gasteiger partial charge in [-0.25, -0.2) is 0 Å². The van der Waals surface area contributed by atoms with Crippen molar-refractivity contribution in [2.45, 2.75) is 13.1 Å². The highest BCUT2D eigenvalue weighted by Gasteiger charge is 2.39. The minimum absolute atomic E-state index is 0.335. The van der Waals surface area contributed by atoms with Gasteiger partial charge in [-0.2, -0.15) is 13.2 Å². The summed E-state index contributed by atoms with van der Waals surface area (Å²) in [7, 11) is 0. The Balaban J connectivity index is 2.54. The molecule has 0 saturated carbocycles. The number of carbonyl (C=O) groups is 1. The van der Waals surface area contributed by atoms with E-state index in [2.05, 4.69) is 11.5 Å². The number of hydrogen-bond acceptors (Lipinski definition) is 2. The van der Waals surface area contributed by atoms with Crippen LogP contribution in [0.3, 0.4) is 0 Å². The second-order valence-corrected chi connectivity index (χ2v) is 3.70. The van der Waals surface area contributed by atoms with Crippen LogP contribution in [0.25, 0.3) is 0 Å². The Morgan fingerprint density at radius 3 is 2.12 bits per heavy atom. The summed E-state index contributed by atoms with van der Waals surface area (Å²) in [6.07, 6.45) is -4.63. The summed E-state index contributed by atoms with van der Waals surface area (Å²) >= 11 is 0. The van der Waals surface area contributed by atoms with Gasteiger partial charge in [-0.1, -0.05) is 13.5 Å². The predicted molar refractivity (Wildman–Crippen MR) is 53.9 cm³/mol. The Kier molecular flexibility index (Phi) is 3.96. The first kappa shape index (κ1) is 13.0. The summed E-state index contributed by atoms with van der Waals surface area (Å²) < 4.78 is 36.7. The van der Waals surface area contributed by atoms with Gasteiger partial charge in [-0.05, 0) is 6.54 Å². The lowest BCUT2D eigenvalue weighted by Gasteiger charge is -2.34. The maximum Gasteiger partial charge on any atom is 0.421 e. The molecule has 0 atom stereocenters. The zero-order valence-corrected chi connectivity index (χ0v) is 9.18. The van der Waals surface area contributed by atoms with E-state index in [0.717, 1.165) is 6.54 Å². The fourth-order valence-electron chi connectivity index (χ4n) is 1.58. The van der Waals surface area contributed by atoms with Crippen LogP contribution in [0.2, 0.25) is 0 Å². The Bertz CT molecular complexity index is 280. The number of hydrogen-bond donors (Lipinski definition) is 0. The summed E-state index contributed by atoms with van der Waals surface area (Å²) in [6, 6.07) is 0. The van der Waals surface area contributed by atoms with Gasteiger partial charge in [0.05, 0.1) is 0 Å². The molecule has 0 radical (unpaired) electrons. The van der Waals surface area contributed by atoms with E-state index in [9.17, 15) is 18.0 Å². The molecule has 1 rings (SSSR count). The van der Waals surface area contributed by atoms with Crippen molar-refractivity contribution in [3.63, 3.8) is 0 Å². The minimum atomic E-state index is -4.63. The van der Waals surface area contributed by atoms with Crippen molar-refractivity contribution in [1.82, 2.24) is 9.80 Å². The van der Waals surface area contributed by atoms with Crippen molar-refractivity contribution in [2.75, 3.05) is 32.7 Å². The third-order valence-corrected chi connectivity index (χ3v) is 2.71. The third kappa shape index (κ3) is 2.98. The van der Waals surface area contributed by atoms with Gasteiger partial charge < -0.3 is 9.80 Å². The number of halogens is 3. The van der Waals surface area contributed by atoms with Crippen LogP contribution in [-0.4, -0.2) is 54.6 Å². The van der Waals surface area contributed by atoms with E-state index >= 15 is 0 Å². The van der Waals surface area contributed by atoms with Crippen LogP contribution in [0.15, 0.2) is 12.2 Å². The molecule has 3 nitrogen and oxygen atoms in total. The molecule has 1 heterocycles. The monoisotopic (exact) mass is 236 g/mol. The van der Waals surface area contributed by atoms with E-state index in [0.29, 0.717) is 26.2 Å². The summed E-state index contributed by atoms with van der Waals surface area (Å²) in [5.74, 6) is -0.997. The predicted octanol–water partition coefficient (Wildman–Crippen LogP) is 1.27. The van der Waals surface area contributed by atoms with Crippen LogP contribution in [0, 0.1) is 0 Å². The Morgan fingerprint density at radius 1 is 1.25 bits per heavy atom. The largest absolute Gasteiger partial charge is 0.421 e. The molecule has 0 aromatic heterocycles. The second-order valence-electron chi connectivity index (χ2n) is 3.70. The summed E-state index contributed by atoms with van der Waals surface area (Å²) in [5, 5.41) is 0. The molecule has 1 fully saturated rings. The lowest BCUT2D eigenvalue weighted by Crippen LogP contribution is -2.49. The fraction of sp³-hybridized carbons (Fsp3) is 0.700. The molecule has 16 heavy (non-hydrogen) atoms. The first-order valence-corrected chi connectivity index (χ1v) is 5.14. The number of alkyl halides is 3. The first-order valence-electron chi connectivity index (χ1n) is 5.14. The van der Waals surface area contributed by atoms with Gasteiger partial charge in [0.15, 0.2) is 0 Å². The smallest absolute Gasteiger partial charge is 0.336 e. The molecule has 0 aromatic rings. The third-order valence-electron chi connectivity index (χ3n) is 2.71. The summed E-state index contributed by atoms with van der Waals surface area (Å²) in [6.45, 7) is 7.55. The molecule has 1 amide bonds. The van der Waals surface area contributed by atoms with Crippen molar-refractivity contribution >= 4 is 5.91 Å². The highest BCUT2D eigenvalue weighted by molar-refractivity contribution is 5.94. The van der Waals surface area contributed by atoms with E-state index in [-0.39, 0.29) is 0 Å². The van der Waals surface area contributed by atoms with Crippen LogP contribution in [-0.2, 0) is 4.79 Å². The topological polar surface area (TPSA) is 23.6 Å². The highest BCUT2D eigenvalue weighted by Crippen LogP contribution is 2.25. The zero-order chi connectivity index (χ0) is 12.3. The second kappa shape index (κ2) is 4.86. The van der Waals surface area contributed by atoms with Crippen LogP contribution >= 0.6 is 0 Å². The average molecular weight is 236 g/mol. The molecule has 1 saturated heterocycles. The summed E-state index contributed by atoms with van der Waals surface area (Å²) in [5.41, 5.74) is -1.28. The standard InChI is InChI=1S/C10H15F3N2O/c1-3-14-4-6-15(7-5-14)9(16)8(2)10(11,12)13/h2-7H2,1H3. The van der Waals surface area contributed by atoms with Crippen molar-refractivity contribution in [2.24, 2.45) is 0 Å². The van der Waals surface area contributed by atoms with Gasteiger partial charge in [0, 0.05) is 26.2 Å². The van der Waals surface area contributed by atoms with Crippen LogP contribution < -0.4 is 0 Å². The van der Waals surface area contributed by atoms with E-state index < -0.39 is 17.7 Å². The van der Waals surface area contributed by atoms with E-state index in [1.165, 1.54) is 4.90 Å². The molecule has 1 aliphatic rings. The number of likely N-dealkylation sites (N-methyl/N-ethyl adjacent to an activating group) is 1. The molecule has 0 aliphatic carbocycles. The molecule has 0 aromatic carbocycles. The minimum Gasteiger partial charge on any atom is -0.336 e. The maximum absolute atomic E-state index is 12.2. The zero-order valence-electron chi connectivity index (χ0n) is 9.18. The van der Waals surface area contributed by atoms with Crippen LogP contribution in [0.1, 0.15) is 6.92 Å². The number of piperazine rings is 1. The number of carbonyl (C=O) groups excluding carboxylic acids is 1. The van der Waals surface area contributed by atoms with Gasteiger partial charge in [-0.15, -0.1) is 0 Å². The molecular formula is C10H15F3N2O. The molecule has 0 N–H and O–H groups in total. The van der Waals surface area contributed by atoms with Gasteiger partial charge in [0.2, 0.25) is 0 Å². The molecule has 1 aliphatic heterocycles. The molecule has 0 unspecified atom stereocenters. The van der Waals surface area contributed by atoms with E-state index in [4.69, 9.17) is 0 Å². The number of nitrogens with zero attached hydrogens (tertiary/aromatic N) is 2. The molecule has 92 valence electrons. The molecular weight excluding hydrogens is 221 g/mol. The normalized spacial score (nSPS) is 18.6. The summed E-state index contributed by atoms with van der Waals surface area (Å²) in [4.78, 5) is 14.7. The lowest BCUT2D eigenvalue weighted by molar-refractivity contribution is -0.140. The van der Waals surface area contributed by atoms with Crippen LogP contribution in [0.5, 0.6) is 0 Å². The molecule has 6 heteroatoms. The highest BCUT2D eigenvalue weighted by atomic mass is 19.4. The Morgan fingerprint density at radius 2 is 1.75 bits per heavy atom. The number of rotatable bonds is 2. The average Bonchev–Trinajstić information content (AvgIpc) is 2.26. The van der Waals surface area contributed by atoms with Gasteiger partial charge in [0.1, 0.15) is 5.57 Å². The van der Waals surface area contributed by atoms with Crippen molar-refractivity contribution in [3.8, 4) is 0 Å². The van der Waals surface area contributed by atoms with Crippen molar-refractivity contribution in [3.05, 3.63) is 12.2 Å². The van der Waals surface area contributed by atoms with E-state index in [1.54, 1.807) is 0 Å². The lowest BCUT2D eigenvalue weighted by atomic mass is 10.2. The number of amides is 1. The maximum atomic E-state index is 12.2. The van der Waals surface area contributed by atoms with Gasteiger partial charge in [-0.3, -0.25) is 4.79 Å². The van der Waals surface area contributed by atoms with Crippen molar-refractivity contribution in [1.29, 1.82) is 0 Å². The first-order chi connectivity index (χ1) is 7.36. The van der Waals surface area contributed by atoms with E-state index in [1.807, 2.05) is 6.92 Å². The van der Waals surface area contributed by atoms with Crippen molar-refractivity contribution < 1.29 is 18.0 Å². The molecule has 0 spiro atoms. The molecule has 0 bridgehead atoms. The Labute approximate surface area is 92.5 Å². The van der Waals surface area contributed by atoms with Crippen LogP contribution in [0.4, 0.5) is 13.2 Å². The Hall–Kier alpha value is -1.04. The fourth-order valence-corrected chi connectivity index (χ4v) is 1.58.